The number of hydrogen-bond donors (Lipinski definition) is 2. The molecule has 0 heterocycles. The number of anilines is 1. The quantitative estimate of drug-likeness (QED) is 0.519. The molecule has 7 heteroatoms. The molecule has 0 fully saturated rings. The largest absolute Gasteiger partial charge is 0.497 e. The van der Waals surface area contributed by atoms with E-state index in [9.17, 15) is 0 Å². The highest BCUT2D eigenvalue weighted by Crippen LogP contribution is 2.39. The SMILES string of the molecule is CN=C(NCC(C)(C)c1cccc(OC)c1)Nc1cc(OC)c(OC)c(OC)c1. The van der Waals surface area contributed by atoms with Crippen molar-refractivity contribution in [2.45, 2.75) is 19.3 Å². The van der Waals surface area contributed by atoms with Gasteiger partial charge in [0.15, 0.2) is 17.5 Å². The normalized spacial score (nSPS) is 11.6. The van der Waals surface area contributed by atoms with E-state index in [-0.39, 0.29) is 5.41 Å². The molecule has 2 aromatic rings. The number of guanidine groups is 1. The summed E-state index contributed by atoms with van der Waals surface area (Å²) in [6.45, 7) is 5.01. The third-order valence-corrected chi connectivity index (χ3v) is 4.70. The molecular formula is C22H31N3O4. The molecule has 2 N–H and O–H groups in total. The maximum absolute atomic E-state index is 5.41. The van der Waals surface area contributed by atoms with Gasteiger partial charge in [0.05, 0.1) is 28.4 Å². The van der Waals surface area contributed by atoms with Gasteiger partial charge in [-0.15, -0.1) is 0 Å². The van der Waals surface area contributed by atoms with Crippen molar-refractivity contribution in [2.24, 2.45) is 4.99 Å². The minimum atomic E-state index is -0.137. The summed E-state index contributed by atoms with van der Waals surface area (Å²) in [6.07, 6.45) is 0. The lowest BCUT2D eigenvalue weighted by molar-refractivity contribution is 0.324. The Morgan fingerprint density at radius 3 is 2.10 bits per heavy atom. The van der Waals surface area contributed by atoms with Gasteiger partial charge < -0.3 is 29.6 Å². The van der Waals surface area contributed by atoms with E-state index < -0.39 is 0 Å². The third-order valence-electron chi connectivity index (χ3n) is 4.70. The average Bonchev–Trinajstić information content (AvgIpc) is 2.75. The van der Waals surface area contributed by atoms with Gasteiger partial charge >= 0.3 is 0 Å². The van der Waals surface area contributed by atoms with Crippen LogP contribution in [0.3, 0.4) is 0 Å². The molecule has 29 heavy (non-hydrogen) atoms. The highest BCUT2D eigenvalue weighted by Gasteiger charge is 2.22. The number of hydrogen-bond acceptors (Lipinski definition) is 5. The molecule has 0 atom stereocenters. The van der Waals surface area contributed by atoms with Crippen molar-refractivity contribution < 1.29 is 18.9 Å². The van der Waals surface area contributed by atoms with Crippen molar-refractivity contribution in [3.05, 3.63) is 42.0 Å². The molecule has 158 valence electrons. The van der Waals surface area contributed by atoms with Gasteiger partial charge in [-0.25, -0.2) is 0 Å². The van der Waals surface area contributed by atoms with Gasteiger partial charge in [-0.3, -0.25) is 4.99 Å². The standard InChI is InChI=1S/C22H31N3O4/c1-22(2,15-9-8-10-17(11-15)26-4)14-24-21(23-3)25-16-12-18(27-5)20(29-7)19(13-16)28-6/h8-13H,14H2,1-7H3,(H2,23,24,25). The van der Waals surface area contributed by atoms with Gasteiger partial charge in [-0.05, 0) is 17.7 Å². The van der Waals surface area contributed by atoms with E-state index in [2.05, 4.69) is 41.6 Å². The second kappa shape index (κ2) is 9.91. The Balaban J connectivity index is 2.15. The Hall–Kier alpha value is -3.09. The molecule has 0 saturated heterocycles. The predicted molar refractivity (Wildman–Crippen MR) is 117 cm³/mol. The topological polar surface area (TPSA) is 73.3 Å². The summed E-state index contributed by atoms with van der Waals surface area (Å²) < 4.78 is 21.5. The summed E-state index contributed by atoms with van der Waals surface area (Å²) in [4.78, 5) is 4.32. The van der Waals surface area contributed by atoms with Crippen LogP contribution in [0, 0.1) is 0 Å². The fourth-order valence-electron chi connectivity index (χ4n) is 2.92. The van der Waals surface area contributed by atoms with E-state index >= 15 is 0 Å². The Morgan fingerprint density at radius 2 is 1.59 bits per heavy atom. The Morgan fingerprint density at radius 1 is 0.931 bits per heavy atom. The molecule has 7 nitrogen and oxygen atoms in total. The fraction of sp³-hybridized carbons (Fsp3) is 0.409. The Kier molecular flexibility index (Phi) is 7.59. The molecule has 0 unspecified atom stereocenters. The zero-order valence-electron chi connectivity index (χ0n) is 18.3. The van der Waals surface area contributed by atoms with Crippen LogP contribution in [-0.4, -0.2) is 48.0 Å². The minimum absolute atomic E-state index is 0.137. The van der Waals surface area contributed by atoms with Crippen LogP contribution in [0.1, 0.15) is 19.4 Å². The third kappa shape index (κ3) is 5.47. The maximum atomic E-state index is 5.41. The first-order valence-electron chi connectivity index (χ1n) is 9.30. The van der Waals surface area contributed by atoms with E-state index in [1.165, 1.54) is 5.56 Å². The summed E-state index contributed by atoms with van der Waals surface area (Å²) >= 11 is 0. The van der Waals surface area contributed by atoms with Crippen molar-refractivity contribution in [3.63, 3.8) is 0 Å². The van der Waals surface area contributed by atoms with Crippen molar-refractivity contribution in [3.8, 4) is 23.0 Å². The summed E-state index contributed by atoms with van der Waals surface area (Å²) in [5.74, 6) is 3.16. The summed E-state index contributed by atoms with van der Waals surface area (Å²) in [7, 11) is 8.16. The van der Waals surface area contributed by atoms with Crippen LogP contribution >= 0.6 is 0 Å². The number of ether oxygens (including phenoxy) is 4. The molecule has 2 aromatic carbocycles. The first kappa shape index (κ1) is 22.2. The Bertz CT molecular complexity index is 825. The molecule has 0 aliphatic heterocycles. The average molecular weight is 402 g/mol. The number of benzene rings is 2. The van der Waals surface area contributed by atoms with E-state index in [0.29, 0.717) is 29.8 Å². The first-order valence-corrected chi connectivity index (χ1v) is 9.30. The molecule has 0 bridgehead atoms. The fourth-order valence-corrected chi connectivity index (χ4v) is 2.92. The van der Waals surface area contributed by atoms with E-state index in [4.69, 9.17) is 18.9 Å². The van der Waals surface area contributed by atoms with Crippen molar-refractivity contribution in [1.29, 1.82) is 0 Å². The summed E-state index contributed by atoms with van der Waals surface area (Å²) in [5, 5.41) is 6.66. The summed E-state index contributed by atoms with van der Waals surface area (Å²) in [6, 6.07) is 11.8. The second-order valence-corrected chi connectivity index (χ2v) is 7.08. The Labute approximate surface area is 173 Å². The zero-order chi connectivity index (χ0) is 21.4. The number of nitrogens with one attached hydrogen (secondary N) is 2. The highest BCUT2D eigenvalue weighted by atomic mass is 16.5. The second-order valence-electron chi connectivity index (χ2n) is 7.08. The van der Waals surface area contributed by atoms with Crippen LogP contribution in [0.25, 0.3) is 0 Å². The predicted octanol–water partition coefficient (Wildman–Crippen LogP) is 3.69. The molecule has 0 aliphatic rings. The van der Waals surface area contributed by atoms with Gasteiger partial charge in [-0.1, -0.05) is 26.0 Å². The van der Waals surface area contributed by atoms with E-state index in [1.807, 2.05) is 24.3 Å². The van der Waals surface area contributed by atoms with Gasteiger partial charge in [0.2, 0.25) is 5.75 Å². The number of aliphatic imine (C=N–C) groups is 1. The van der Waals surface area contributed by atoms with E-state index in [1.54, 1.807) is 35.5 Å². The van der Waals surface area contributed by atoms with Crippen LogP contribution in [0.2, 0.25) is 0 Å². The molecular weight excluding hydrogens is 370 g/mol. The highest BCUT2D eigenvalue weighted by molar-refractivity contribution is 5.94. The van der Waals surface area contributed by atoms with Crippen LogP contribution in [-0.2, 0) is 5.41 Å². The van der Waals surface area contributed by atoms with Gasteiger partial charge in [0.25, 0.3) is 0 Å². The van der Waals surface area contributed by atoms with Gasteiger partial charge in [0.1, 0.15) is 5.75 Å². The van der Waals surface area contributed by atoms with Crippen LogP contribution in [0.4, 0.5) is 5.69 Å². The lowest BCUT2D eigenvalue weighted by atomic mass is 9.84. The van der Waals surface area contributed by atoms with Gasteiger partial charge in [0, 0.05) is 36.8 Å². The van der Waals surface area contributed by atoms with Crippen molar-refractivity contribution in [1.82, 2.24) is 5.32 Å². The molecule has 0 amide bonds. The monoisotopic (exact) mass is 401 g/mol. The molecule has 0 saturated carbocycles. The van der Waals surface area contributed by atoms with Crippen molar-refractivity contribution >= 4 is 11.6 Å². The lowest BCUT2D eigenvalue weighted by Crippen LogP contribution is -2.40. The van der Waals surface area contributed by atoms with Crippen LogP contribution in [0.5, 0.6) is 23.0 Å². The minimum Gasteiger partial charge on any atom is -0.497 e. The molecule has 0 aromatic heterocycles. The molecule has 0 spiro atoms. The molecule has 0 aliphatic carbocycles. The lowest BCUT2D eigenvalue weighted by Gasteiger charge is -2.27. The molecule has 0 radical (unpaired) electrons. The van der Waals surface area contributed by atoms with Crippen LogP contribution < -0.4 is 29.6 Å². The van der Waals surface area contributed by atoms with E-state index in [0.717, 1.165) is 11.4 Å². The van der Waals surface area contributed by atoms with Gasteiger partial charge in [-0.2, -0.15) is 0 Å². The van der Waals surface area contributed by atoms with Crippen LogP contribution in [0.15, 0.2) is 41.4 Å². The maximum Gasteiger partial charge on any atom is 0.203 e. The van der Waals surface area contributed by atoms with Crippen molar-refractivity contribution in [2.75, 3.05) is 47.3 Å². The zero-order valence-corrected chi connectivity index (χ0v) is 18.3. The first-order chi connectivity index (χ1) is 13.9. The smallest absolute Gasteiger partial charge is 0.203 e. The number of methoxy groups -OCH3 is 4. The summed E-state index contributed by atoms with van der Waals surface area (Å²) in [5.41, 5.74) is 1.81. The molecule has 2 rings (SSSR count). The number of rotatable bonds is 8. The number of nitrogens with zero attached hydrogens (tertiary/aromatic N) is 1.